The average molecular weight is 152 g/mol. The van der Waals surface area contributed by atoms with Crippen LogP contribution in [0.15, 0.2) is 18.3 Å². The Hall–Kier alpha value is -0.930. The normalized spacial score (nSPS) is 13.0. The van der Waals surface area contributed by atoms with Gasteiger partial charge < -0.3 is 10.8 Å². The van der Waals surface area contributed by atoms with E-state index in [9.17, 15) is 5.11 Å². The molecule has 1 heterocycles. The summed E-state index contributed by atoms with van der Waals surface area (Å²) in [6.45, 7) is 2.14. The zero-order chi connectivity index (χ0) is 8.27. The molecule has 0 saturated heterocycles. The first kappa shape index (κ1) is 8.17. The molecule has 1 unspecified atom stereocenters. The van der Waals surface area contributed by atoms with Crippen molar-refractivity contribution < 1.29 is 5.11 Å². The average Bonchev–Trinajstić information content (AvgIpc) is 2.03. The maximum absolute atomic E-state index is 9.30. The molecule has 3 nitrogen and oxygen atoms in total. The number of nitrogens with two attached hydrogens (primary N) is 1. The van der Waals surface area contributed by atoms with E-state index in [1.54, 1.807) is 12.3 Å². The summed E-state index contributed by atoms with van der Waals surface area (Å²) in [5.41, 5.74) is 7.02. The molecular formula is C8H12N2O. The molecule has 0 aliphatic carbocycles. The number of aliphatic hydroxyl groups excluding tert-OH is 1. The highest BCUT2D eigenvalue weighted by atomic mass is 16.3. The third-order valence-electron chi connectivity index (χ3n) is 1.53. The molecule has 0 spiro atoms. The van der Waals surface area contributed by atoms with Crippen LogP contribution in [0.2, 0.25) is 0 Å². The van der Waals surface area contributed by atoms with E-state index in [1.807, 2.05) is 13.0 Å². The summed E-state index contributed by atoms with van der Waals surface area (Å²) in [5.74, 6) is 0. The molecule has 1 rings (SSSR count). The van der Waals surface area contributed by atoms with E-state index in [-0.39, 0.29) is 6.54 Å². The predicted octanol–water partition coefficient (Wildman–Crippen LogP) is 0.382. The van der Waals surface area contributed by atoms with Crippen molar-refractivity contribution in [2.24, 2.45) is 5.73 Å². The van der Waals surface area contributed by atoms with E-state index in [1.165, 1.54) is 0 Å². The van der Waals surface area contributed by atoms with Crippen LogP contribution in [-0.2, 0) is 0 Å². The van der Waals surface area contributed by atoms with Gasteiger partial charge in [-0.05, 0) is 24.6 Å². The molecule has 1 atom stereocenters. The number of rotatable bonds is 2. The third kappa shape index (κ3) is 2.00. The first-order valence-electron chi connectivity index (χ1n) is 3.54. The first-order chi connectivity index (χ1) is 5.24. The second-order valence-electron chi connectivity index (χ2n) is 2.48. The first-order valence-corrected chi connectivity index (χ1v) is 3.54. The van der Waals surface area contributed by atoms with Gasteiger partial charge in [-0.15, -0.1) is 0 Å². The minimum Gasteiger partial charge on any atom is -0.387 e. The number of hydrogen-bond acceptors (Lipinski definition) is 3. The number of pyridine rings is 1. The van der Waals surface area contributed by atoms with Crippen LogP contribution in [0, 0.1) is 6.92 Å². The van der Waals surface area contributed by atoms with Crippen molar-refractivity contribution in [2.75, 3.05) is 6.54 Å². The van der Waals surface area contributed by atoms with E-state index < -0.39 is 6.10 Å². The standard InChI is InChI=1S/C8H12N2O/c1-6-4-7(2-3-10-6)8(11)5-9/h2-4,8,11H,5,9H2,1H3. The highest BCUT2D eigenvalue weighted by Crippen LogP contribution is 2.10. The van der Waals surface area contributed by atoms with Gasteiger partial charge in [0.2, 0.25) is 0 Å². The highest BCUT2D eigenvalue weighted by Gasteiger charge is 2.03. The molecular weight excluding hydrogens is 140 g/mol. The second kappa shape index (κ2) is 3.46. The monoisotopic (exact) mass is 152 g/mol. The summed E-state index contributed by atoms with van der Waals surface area (Å²) in [6.07, 6.45) is 1.11. The summed E-state index contributed by atoms with van der Waals surface area (Å²) in [6, 6.07) is 3.60. The van der Waals surface area contributed by atoms with Crippen LogP contribution in [0.25, 0.3) is 0 Å². The molecule has 3 heteroatoms. The van der Waals surface area contributed by atoms with Crippen LogP contribution in [-0.4, -0.2) is 16.6 Å². The topological polar surface area (TPSA) is 59.1 Å². The van der Waals surface area contributed by atoms with Crippen molar-refractivity contribution in [1.29, 1.82) is 0 Å². The van der Waals surface area contributed by atoms with Crippen LogP contribution in [0.4, 0.5) is 0 Å². The maximum atomic E-state index is 9.30. The number of nitrogens with zero attached hydrogens (tertiary/aromatic N) is 1. The Bertz CT molecular complexity index is 237. The molecule has 0 aliphatic rings. The van der Waals surface area contributed by atoms with Crippen molar-refractivity contribution >= 4 is 0 Å². The predicted molar refractivity (Wildman–Crippen MR) is 43.0 cm³/mol. The molecule has 0 fully saturated rings. The molecule has 0 bridgehead atoms. The lowest BCUT2D eigenvalue weighted by molar-refractivity contribution is 0.186. The van der Waals surface area contributed by atoms with Gasteiger partial charge in [0.25, 0.3) is 0 Å². The maximum Gasteiger partial charge on any atom is 0.0913 e. The lowest BCUT2D eigenvalue weighted by Crippen LogP contribution is -2.11. The van der Waals surface area contributed by atoms with Gasteiger partial charge in [0.15, 0.2) is 0 Å². The Morgan fingerprint density at radius 2 is 2.45 bits per heavy atom. The van der Waals surface area contributed by atoms with Gasteiger partial charge in [0.1, 0.15) is 0 Å². The molecule has 11 heavy (non-hydrogen) atoms. The van der Waals surface area contributed by atoms with Gasteiger partial charge in [0, 0.05) is 18.4 Å². The second-order valence-corrected chi connectivity index (χ2v) is 2.48. The quantitative estimate of drug-likeness (QED) is 0.644. The van der Waals surface area contributed by atoms with Crippen molar-refractivity contribution in [3.8, 4) is 0 Å². The molecule has 1 aromatic heterocycles. The van der Waals surface area contributed by atoms with Crippen LogP contribution < -0.4 is 5.73 Å². The number of aromatic nitrogens is 1. The van der Waals surface area contributed by atoms with Gasteiger partial charge in [-0.25, -0.2) is 0 Å². The Morgan fingerprint density at radius 1 is 1.73 bits per heavy atom. The Morgan fingerprint density at radius 3 is 3.00 bits per heavy atom. The molecule has 1 aromatic rings. The fourth-order valence-electron chi connectivity index (χ4n) is 0.911. The third-order valence-corrected chi connectivity index (χ3v) is 1.53. The molecule has 3 N–H and O–H groups in total. The van der Waals surface area contributed by atoms with Crippen molar-refractivity contribution in [3.05, 3.63) is 29.6 Å². The largest absolute Gasteiger partial charge is 0.387 e. The van der Waals surface area contributed by atoms with Crippen molar-refractivity contribution in [1.82, 2.24) is 4.98 Å². The van der Waals surface area contributed by atoms with Gasteiger partial charge in [0.05, 0.1) is 6.10 Å². The summed E-state index contributed by atoms with van der Waals surface area (Å²) in [4.78, 5) is 4.00. The fourth-order valence-corrected chi connectivity index (χ4v) is 0.911. The lowest BCUT2D eigenvalue weighted by atomic mass is 10.1. The summed E-state index contributed by atoms with van der Waals surface area (Å²) < 4.78 is 0. The Labute approximate surface area is 65.9 Å². The molecule has 0 aliphatic heterocycles. The zero-order valence-corrected chi connectivity index (χ0v) is 6.49. The molecule has 0 amide bonds. The minimum absolute atomic E-state index is 0.253. The van der Waals surface area contributed by atoms with Crippen LogP contribution in [0.3, 0.4) is 0 Å². The van der Waals surface area contributed by atoms with E-state index in [0.717, 1.165) is 11.3 Å². The molecule has 60 valence electrons. The summed E-state index contributed by atoms with van der Waals surface area (Å²) >= 11 is 0. The van der Waals surface area contributed by atoms with E-state index in [2.05, 4.69) is 4.98 Å². The zero-order valence-electron chi connectivity index (χ0n) is 6.49. The molecule has 0 aromatic carbocycles. The SMILES string of the molecule is Cc1cc(C(O)CN)ccn1. The van der Waals surface area contributed by atoms with Crippen molar-refractivity contribution in [3.63, 3.8) is 0 Å². The highest BCUT2D eigenvalue weighted by molar-refractivity contribution is 5.17. The van der Waals surface area contributed by atoms with Crippen LogP contribution >= 0.6 is 0 Å². The number of aryl methyl sites for hydroxylation is 1. The van der Waals surface area contributed by atoms with Gasteiger partial charge in [-0.3, -0.25) is 4.98 Å². The molecule has 0 radical (unpaired) electrons. The van der Waals surface area contributed by atoms with Crippen LogP contribution in [0.1, 0.15) is 17.4 Å². The van der Waals surface area contributed by atoms with Crippen LogP contribution in [0.5, 0.6) is 0 Å². The molecule has 0 saturated carbocycles. The smallest absolute Gasteiger partial charge is 0.0913 e. The van der Waals surface area contributed by atoms with E-state index >= 15 is 0 Å². The Kier molecular flexibility index (Phi) is 2.57. The van der Waals surface area contributed by atoms with Gasteiger partial charge in [-0.1, -0.05) is 0 Å². The van der Waals surface area contributed by atoms with E-state index in [0.29, 0.717) is 0 Å². The summed E-state index contributed by atoms with van der Waals surface area (Å²) in [7, 11) is 0. The lowest BCUT2D eigenvalue weighted by Gasteiger charge is -2.07. The number of hydrogen-bond donors (Lipinski definition) is 2. The van der Waals surface area contributed by atoms with E-state index in [4.69, 9.17) is 5.73 Å². The minimum atomic E-state index is -0.559. The van der Waals surface area contributed by atoms with Gasteiger partial charge >= 0.3 is 0 Å². The van der Waals surface area contributed by atoms with Gasteiger partial charge in [-0.2, -0.15) is 0 Å². The number of aliphatic hydroxyl groups is 1. The van der Waals surface area contributed by atoms with Crippen molar-refractivity contribution in [2.45, 2.75) is 13.0 Å². The Balaban J connectivity index is 2.86. The fraction of sp³-hybridized carbons (Fsp3) is 0.375. The summed E-state index contributed by atoms with van der Waals surface area (Å²) in [5, 5.41) is 9.30.